The normalized spacial score (nSPS) is 10.9. The highest BCUT2D eigenvalue weighted by molar-refractivity contribution is 5.78. The molecule has 2 aromatic rings. The lowest BCUT2D eigenvalue weighted by Crippen LogP contribution is -1.86. The van der Waals surface area contributed by atoms with E-state index < -0.39 is 11.6 Å². The maximum atomic E-state index is 12.8. The summed E-state index contributed by atoms with van der Waals surface area (Å²) < 4.78 is 37.8. The van der Waals surface area contributed by atoms with Gasteiger partial charge in [0.15, 0.2) is 11.6 Å². The lowest BCUT2D eigenvalue weighted by molar-refractivity contribution is 0.332. The zero-order valence-corrected chi connectivity index (χ0v) is 5.68. The topological polar surface area (TPSA) is 17.8 Å². The molecule has 5 heteroatoms. The van der Waals surface area contributed by atoms with Crippen molar-refractivity contribution in [2.45, 2.75) is 0 Å². The molecule has 12 heavy (non-hydrogen) atoms. The average molecular weight is 171 g/mol. The molecule has 1 radical (unpaired) electrons. The van der Waals surface area contributed by atoms with Crippen LogP contribution in [0.15, 0.2) is 12.1 Å². The highest BCUT2D eigenvalue weighted by Crippen LogP contribution is 2.18. The molecule has 0 bridgehead atoms. The van der Waals surface area contributed by atoms with Crippen molar-refractivity contribution >= 4 is 10.9 Å². The van der Waals surface area contributed by atoms with E-state index in [-0.39, 0.29) is 15.8 Å². The van der Waals surface area contributed by atoms with Gasteiger partial charge in [-0.3, -0.25) is 0 Å². The molecule has 1 aromatic heterocycles. The monoisotopic (exact) mass is 171 g/mol. The Labute approximate surface area is 65.2 Å². The Morgan fingerprint density at radius 1 is 1.33 bits per heavy atom. The molecular formula is C7H2F3N2. The van der Waals surface area contributed by atoms with Crippen LogP contribution < -0.4 is 0 Å². The summed E-state index contributed by atoms with van der Waals surface area (Å²) in [6, 6.07) is 1.93. The van der Waals surface area contributed by atoms with Crippen LogP contribution in [-0.2, 0) is 0 Å². The maximum Gasteiger partial charge on any atom is 0.170 e. The summed E-state index contributed by atoms with van der Waals surface area (Å²) in [6.07, 6.45) is 2.02. The Balaban J connectivity index is 2.93. The number of hydrogen-bond acceptors (Lipinski definition) is 1. The number of nitrogens with zero attached hydrogens (tertiary/aromatic N) is 2. The second-order valence-corrected chi connectivity index (χ2v) is 2.23. The van der Waals surface area contributed by atoms with Gasteiger partial charge in [-0.2, -0.15) is 0 Å². The van der Waals surface area contributed by atoms with Crippen molar-refractivity contribution in [1.82, 2.24) is 10.0 Å². The van der Waals surface area contributed by atoms with E-state index in [9.17, 15) is 13.3 Å². The van der Waals surface area contributed by atoms with Crippen LogP contribution in [0.25, 0.3) is 10.9 Å². The Kier molecular flexibility index (Phi) is 1.33. The van der Waals surface area contributed by atoms with Gasteiger partial charge in [0.1, 0.15) is 11.7 Å². The summed E-state index contributed by atoms with van der Waals surface area (Å²) in [6.45, 7) is 0. The first-order valence-electron chi connectivity index (χ1n) is 3.10. The third-order valence-electron chi connectivity index (χ3n) is 1.52. The second kappa shape index (κ2) is 2.23. The SMILES string of the molecule is Fc1ccc2c([c]nn2F)c1F. The van der Waals surface area contributed by atoms with E-state index in [1.54, 1.807) is 0 Å². The first-order chi connectivity index (χ1) is 5.70. The predicted octanol–water partition coefficient (Wildman–Crippen LogP) is 1.85. The number of rotatable bonds is 0. The molecule has 1 heterocycles. The summed E-state index contributed by atoms with van der Waals surface area (Å²) in [5, 5.41) is 2.74. The number of fused-ring (bicyclic) bond motifs is 1. The summed E-state index contributed by atoms with van der Waals surface area (Å²) in [5.74, 6) is -2.16. The zero-order valence-electron chi connectivity index (χ0n) is 5.68. The minimum atomic E-state index is -1.13. The Hall–Kier alpha value is -1.52. The van der Waals surface area contributed by atoms with E-state index in [0.717, 1.165) is 12.1 Å². The van der Waals surface area contributed by atoms with Crippen LogP contribution in [0.1, 0.15) is 0 Å². The van der Waals surface area contributed by atoms with Crippen molar-refractivity contribution in [2.24, 2.45) is 0 Å². The molecule has 0 saturated heterocycles. The Morgan fingerprint density at radius 3 is 2.83 bits per heavy atom. The summed E-state index contributed by atoms with van der Waals surface area (Å²) in [5.41, 5.74) is -0.131. The average Bonchev–Trinajstić information content (AvgIpc) is 2.41. The van der Waals surface area contributed by atoms with Crippen molar-refractivity contribution in [3.8, 4) is 0 Å². The largest absolute Gasteiger partial charge is 0.204 e. The summed E-state index contributed by atoms with van der Waals surface area (Å²) >= 11 is 0. The molecule has 0 spiro atoms. The molecular weight excluding hydrogens is 169 g/mol. The molecule has 0 fully saturated rings. The molecule has 0 N–H and O–H groups in total. The molecule has 0 saturated carbocycles. The highest BCUT2D eigenvalue weighted by Gasteiger charge is 2.11. The van der Waals surface area contributed by atoms with Crippen LogP contribution >= 0.6 is 0 Å². The number of benzene rings is 1. The third kappa shape index (κ3) is 0.792. The number of hydrogen-bond donors (Lipinski definition) is 0. The predicted molar refractivity (Wildman–Crippen MR) is 35.0 cm³/mol. The van der Waals surface area contributed by atoms with Crippen LogP contribution in [0.4, 0.5) is 13.3 Å². The van der Waals surface area contributed by atoms with Gasteiger partial charge in [0.2, 0.25) is 0 Å². The first kappa shape index (κ1) is 7.15. The molecule has 0 unspecified atom stereocenters. The van der Waals surface area contributed by atoms with Gasteiger partial charge >= 0.3 is 0 Å². The molecule has 0 aliphatic rings. The molecule has 0 aliphatic heterocycles. The molecule has 0 amide bonds. The second-order valence-electron chi connectivity index (χ2n) is 2.23. The molecule has 0 atom stereocenters. The fraction of sp³-hybridized carbons (Fsp3) is 0. The van der Waals surface area contributed by atoms with Crippen molar-refractivity contribution in [3.63, 3.8) is 0 Å². The van der Waals surface area contributed by atoms with E-state index in [1.807, 2.05) is 6.20 Å². The van der Waals surface area contributed by atoms with Gasteiger partial charge in [-0.25, -0.2) is 8.78 Å². The van der Waals surface area contributed by atoms with Gasteiger partial charge in [0, 0.05) is 0 Å². The summed E-state index contributed by atoms with van der Waals surface area (Å²) in [4.78, 5) is -0.0577. The van der Waals surface area contributed by atoms with Gasteiger partial charge in [0.25, 0.3) is 0 Å². The minimum Gasteiger partial charge on any atom is -0.204 e. The van der Waals surface area contributed by atoms with E-state index in [2.05, 4.69) is 5.10 Å². The van der Waals surface area contributed by atoms with E-state index >= 15 is 0 Å². The lowest BCUT2D eigenvalue weighted by atomic mass is 10.2. The smallest absolute Gasteiger partial charge is 0.170 e. The molecule has 1 aromatic carbocycles. The van der Waals surface area contributed by atoms with Gasteiger partial charge < -0.3 is 0 Å². The van der Waals surface area contributed by atoms with Crippen LogP contribution in [0, 0.1) is 17.8 Å². The molecule has 0 aliphatic carbocycles. The van der Waals surface area contributed by atoms with Gasteiger partial charge in [0.05, 0.1) is 5.39 Å². The molecule has 2 rings (SSSR count). The third-order valence-corrected chi connectivity index (χ3v) is 1.52. The Bertz CT molecular complexity index is 435. The van der Waals surface area contributed by atoms with Crippen LogP contribution in [0.3, 0.4) is 0 Å². The standard InChI is InChI=1S/C7H2F3N2/c8-5-1-2-6-4(7(5)9)3-11-12(6)10/h1-2H. The quantitative estimate of drug-likeness (QED) is 0.591. The van der Waals surface area contributed by atoms with Crippen LogP contribution in [0.5, 0.6) is 0 Å². The Morgan fingerprint density at radius 2 is 2.08 bits per heavy atom. The van der Waals surface area contributed by atoms with Crippen molar-refractivity contribution < 1.29 is 13.3 Å². The summed E-state index contributed by atoms with van der Waals surface area (Å²) in [7, 11) is 0. The van der Waals surface area contributed by atoms with Crippen molar-refractivity contribution in [3.05, 3.63) is 30.0 Å². The molecule has 61 valence electrons. The van der Waals surface area contributed by atoms with Gasteiger partial charge in [-0.15, -0.1) is 5.10 Å². The number of aromatic nitrogens is 2. The van der Waals surface area contributed by atoms with Gasteiger partial charge in [-0.1, -0.05) is 9.39 Å². The first-order valence-corrected chi connectivity index (χ1v) is 3.10. The van der Waals surface area contributed by atoms with Crippen LogP contribution in [-0.4, -0.2) is 10.0 Å². The van der Waals surface area contributed by atoms with Crippen molar-refractivity contribution in [1.29, 1.82) is 0 Å². The van der Waals surface area contributed by atoms with E-state index in [1.165, 1.54) is 0 Å². The fourth-order valence-electron chi connectivity index (χ4n) is 0.948. The van der Waals surface area contributed by atoms with Gasteiger partial charge in [-0.05, 0) is 12.1 Å². The minimum absolute atomic E-state index is 0.0577. The van der Waals surface area contributed by atoms with Crippen molar-refractivity contribution in [2.75, 3.05) is 0 Å². The lowest BCUT2D eigenvalue weighted by Gasteiger charge is -1.92. The van der Waals surface area contributed by atoms with Crippen LogP contribution in [0.2, 0.25) is 0 Å². The fourth-order valence-corrected chi connectivity index (χ4v) is 0.948. The van der Waals surface area contributed by atoms with E-state index in [0.29, 0.717) is 0 Å². The highest BCUT2D eigenvalue weighted by atomic mass is 19.2. The maximum absolute atomic E-state index is 12.8. The van der Waals surface area contributed by atoms with E-state index in [4.69, 9.17) is 0 Å². The zero-order chi connectivity index (χ0) is 8.72. The molecule has 2 nitrogen and oxygen atoms in total. The number of halogens is 3.